The van der Waals surface area contributed by atoms with Gasteiger partial charge in [-0.05, 0) is 31.4 Å². The molecular formula is C12H24N4OS. The molecule has 0 radical (unpaired) electrons. The van der Waals surface area contributed by atoms with E-state index in [9.17, 15) is 0 Å². The molecular weight excluding hydrogens is 248 g/mol. The predicted octanol–water partition coefficient (Wildman–Crippen LogP) is 2.51. The molecule has 18 heavy (non-hydrogen) atoms. The molecule has 1 rings (SSSR count). The van der Waals surface area contributed by atoms with Gasteiger partial charge in [0, 0.05) is 6.54 Å². The number of thioether (sulfide) groups is 1. The molecule has 0 saturated carbocycles. The fourth-order valence-corrected chi connectivity index (χ4v) is 2.04. The van der Waals surface area contributed by atoms with Crippen LogP contribution in [-0.2, 0) is 6.54 Å². The number of nitrogens with one attached hydrogen (secondary N) is 2. The van der Waals surface area contributed by atoms with Crippen LogP contribution in [-0.4, -0.2) is 35.3 Å². The number of unbranched alkanes of at least 4 members (excludes halogenated alkanes) is 3. The molecule has 0 fully saturated rings. The molecule has 0 aromatic carbocycles. The molecule has 0 saturated heterocycles. The Balaban J connectivity index is 2.03. The number of hydrogen-bond donors (Lipinski definition) is 2. The predicted molar refractivity (Wildman–Crippen MR) is 77.0 cm³/mol. The average Bonchev–Trinajstić information content (AvgIpc) is 2.83. The van der Waals surface area contributed by atoms with Crippen LogP contribution in [0.1, 0.15) is 38.5 Å². The summed E-state index contributed by atoms with van der Waals surface area (Å²) in [5, 5.41) is 14.2. The van der Waals surface area contributed by atoms with E-state index >= 15 is 0 Å². The van der Waals surface area contributed by atoms with Crippen molar-refractivity contribution in [1.82, 2.24) is 15.5 Å². The molecule has 0 unspecified atom stereocenters. The lowest BCUT2D eigenvalue weighted by atomic mass is 10.2. The van der Waals surface area contributed by atoms with Crippen molar-refractivity contribution in [2.45, 2.75) is 39.2 Å². The summed E-state index contributed by atoms with van der Waals surface area (Å²) in [4.78, 5) is 0. The van der Waals surface area contributed by atoms with Gasteiger partial charge in [-0.1, -0.05) is 24.9 Å². The maximum Gasteiger partial charge on any atom is 0.315 e. The van der Waals surface area contributed by atoms with Crippen molar-refractivity contribution in [2.24, 2.45) is 0 Å². The molecule has 0 aliphatic carbocycles. The van der Waals surface area contributed by atoms with Crippen molar-refractivity contribution in [2.75, 3.05) is 30.4 Å². The lowest BCUT2D eigenvalue weighted by Gasteiger charge is -2.01. The summed E-state index contributed by atoms with van der Waals surface area (Å²) in [5.41, 5.74) is 0. The SMILES string of the molecule is CCNCc1nnc(NCCCCCCSC)o1. The molecule has 2 N–H and O–H groups in total. The van der Waals surface area contributed by atoms with Gasteiger partial charge >= 0.3 is 6.01 Å². The third-order valence-corrected chi connectivity index (χ3v) is 3.24. The molecule has 0 spiro atoms. The van der Waals surface area contributed by atoms with E-state index in [-0.39, 0.29) is 0 Å². The Morgan fingerprint density at radius 2 is 2.00 bits per heavy atom. The highest BCUT2D eigenvalue weighted by atomic mass is 32.2. The minimum absolute atomic E-state index is 0.534. The number of nitrogens with zero attached hydrogens (tertiary/aromatic N) is 2. The number of hydrogen-bond acceptors (Lipinski definition) is 6. The second-order valence-electron chi connectivity index (χ2n) is 4.12. The summed E-state index contributed by atoms with van der Waals surface area (Å²) < 4.78 is 5.43. The van der Waals surface area contributed by atoms with Gasteiger partial charge in [0.1, 0.15) is 0 Å². The van der Waals surface area contributed by atoms with Crippen LogP contribution in [0.15, 0.2) is 4.42 Å². The minimum atomic E-state index is 0.534. The first-order chi connectivity index (χ1) is 8.86. The van der Waals surface area contributed by atoms with E-state index in [0.29, 0.717) is 18.5 Å². The van der Waals surface area contributed by atoms with Gasteiger partial charge in [0.2, 0.25) is 5.89 Å². The minimum Gasteiger partial charge on any atom is -0.407 e. The number of anilines is 1. The molecule has 0 aliphatic heterocycles. The van der Waals surface area contributed by atoms with Gasteiger partial charge in [-0.25, -0.2) is 0 Å². The molecule has 104 valence electrons. The van der Waals surface area contributed by atoms with E-state index in [1.807, 2.05) is 18.7 Å². The topological polar surface area (TPSA) is 63.0 Å². The lowest BCUT2D eigenvalue weighted by Crippen LogP contribution is -2.11. The zero-order valence-corrected chi connectivity index (χ0v) is 12.2. The Morgan fingerprint density at radius 1 is 1.17 bits per heavy atom. The zero-order chi connectivity index (χ0) is 13.1. The molecule has 1 heterocycles. The van der Waals surface area contributed by atoms with Gasteiger partial charge in [-0.3, -0.25) is 0 Å². The maximum absolute atomic E-state index is 5.43. The van der Waals surface area contributed by atoms with Crippen molar-refractivity contribution < 1.29 is 4.42 Å². The Labute approximate surface area is 114 Å². The van der Waals surface area contributed by atoms with Gasteiger partial charge in [0.05, 0.1) is 6.54 Å². The summed E-state index contributed by atoms with van der Waals surface area (Å²) in [6, 6.07) is 0.534. The number of aromatic nitrogens is 2. The normalized spacial score (nSPS) is 10.8. The zero-order valence-electron chi connectivity index (χ0n) is 11.4. The largest absolute Gasteiger partial charge is 0.407 e. The van der Waals surface area contributed by atoms with Crippen molar-refractivity contribution >= 4 is 17.8 Å². The fraction of sp³-hybridized carbons (Fsp3) is 0.833. The van der Waals surface area contributed by atoms with E-state index in [1.165, 1.54) is 25.0 Å². The van der Waals surface area contributed by atoms with Crippen LogP contribution in [0.3, 0.4) is 0 Å². The maximum atomic E-state index is 5.43. The van der Waals surface area contributed by atoms with Crippen LogP contribution in [0, 0.1) is 0 Å². The quantitative estimate of drug-likeness (QED) is 0.604. The van der Waals surface area contributed by atoms with Crippen LogP contribution in [0.2, 0.25) is 0 Å². The Hall–Kier alpha value is -0.750. The van der Waals surface area contributed by atoms with Crippen LogP contribution in [0.25, 0.3) is 0 Å². The molecule has 1 aromatic rings. The molecule has 0 aliphatic rings. The molecule has 1 aromatic heterocycles. The summed E-state index contributed by atoms with van der Waals surface area (Å²) in [6.07, 6.45) is 7.18. The van der Waals surface area contributed by atoms with Crippen molar-refractivity contribution in [1.29, 1.82) is 0 Å². The summed E-state index contributed by atoms with van der Waals surface area (Å²) in [6.45, 7) is 4.50. The van der Waals surface area contributed by atoms with E-state index in [4.69, 9.17) is 4.42 Å². The molecule has 5 nitrogen and oxygen atoms in total. The smallest absolute Gasteiger partial charge is 0.315 e. The van der Waals surface area contributed by atoms with Crippen molar-refractivity contribution in [3.8, 4) is 0 Å². The van der Waals surface area contributed by atoms with E-state index in [2.05, 4.69) is 27.1 Å². The number of rotatable bonds is 11. The Kier molecular flexibility index (Phi) is 8.67. The Morgan fingerprint density at radius 3 is 2.78 bits per heavy atom. The van der Waals surface area contributed by atoms with E-state index in [0.717, 1.165) is 19.5 Å². The highest BCUT2D eigenvalue weighted by molar-refractivity contribution is 7.98. The van der Waals surface area contributed by atoms with Crippen LogP contribution >= 0.6 is 11.8 Å². The van der Waals surface area contributed by atoms with E-state index in [1.54, 1.807) is 0 Å². The third kappa shape index (κ3) is 6.86. The molecule has 0 atom stereocenters. The monoisotopic (exact) mass is 272 g/mol. The van der Waals surface area contributed by atoms with Gasteiger partial charge < -0.3 is 15.1 Å². The Bertz CT molecular complexity index is 306. The first-order valence-corrected chi connectivity index (χ1v) is 8.02. The third-order valence-electron chi connectivity index (χ3n) is 2.54. The first-order valence-electron chi connectivity index (χ1n) is 6.62. The molecule has 0 amide bonds. The summed E-state index contributed by atoms with van der Waals surface area (Å²) >= 11 is 1.92. The fourth-order valence-electron chi connectivity index (χ4n) is 1.55. The highest BCUT2D eigenvalue weighted by Gasteiger charge is 2.03. The second-order valence-corrected chi connectivity index (χ2v) is 5.10. The lowest BCUT2D eigenvalue weighted by molar-refractivity contribution is 0.480. The van der Waals surface area contributed by atoms with Crippen molar-refractivity contribution in [3.63, 3.8) is 0 Å². The average molecular weight is 272 g/mol. The molecule has 6 heteroatoms. The van der Waals surface area contributed by atoms with Gasteiger partial charge in [-0.15, -0.1) is 5.10 Å². The van der Waals surface area contributed by atoms with E-state index < -0.39 is 0 Å². The van der Waals surface area contributed by atoms with Crippen LogP contribution in [0.4, 0.5) is 6.01 Å². The first kappa shape index (κ1) is 15.3. The second kappa shape index (κ2) is 10.2. The van der Waals surface area contributed by atoms with Crippen LogP contribution < -0.4 is 10.6 Å². The summed E-state index contributed by atoms with van der Waals surface area (Å²) in [5.74, 6) is 1.91. The van der Waals surface area contributed by atoms with Gasteiger partial charge in [0.15, 0.2) is 0 Å². The summed E-state index contributed by atoms with van der Waals surface area (Å²) in [7, 11) is 0. The standard InChI is InChI=1S/C12H24N4OS/c1-3-13-10-11-15-16-12(17-11)14-8-6-4-5-7-9-18-2/h13H,3-10H2,1-2H3,(H,14,16). The van der Waals surface area contributed by atoms with Crippen LogP contribution in [0.5, 0.6) is 0 Å². The van der Waals surface area contributed by atoms with Gasteiger partial charge in [-0.2, -0.15) is 11.8 Å². The molecule has 0 bridgehead atoms. The van der Waals surface area contributed by atoms with Crippen molar-refractivity contribution in [3.05, 3.63) is 5.89 Å². The highest BCUT2D eigenvalue weighted by Crippen LogP contribution is 2.07. The van der Waals surface area contributed by atoms with Gasteiger partial charge in [0.25, 0.3) is 0 Å².